The number of rotatable bonds is 7. The van der Waals surface area contributed by atoms with Crippen LogP contribution in [0.5, 0.6) is 5.75 Å². The molecule has 1 aliphatic rings. The van der Waals surface area contributed by atoms with Crippen LogP contribution in [0.25, 0.3) is 0 Å². The molecule has 182 valence electrons. The molecule has 0 saturated carbocycles. The first kappa shape index (κ1) is 23.4. The lowest BCUT2D eigenvalue weighted by Crippen LogP contribution is -2.52. The molecule has 4 aromatic rings. The predicted molar refractivity (Wildman–Crippen MR) is 132 cm³/mol. The molecule has 1 aromatic heterocycles. The fourth-order valence-corrected chi connectivity index (χ4v) is 4.32. The van der Waals surface area contributed by atoms with E-state index in [1.807, 2.05) is 48.5 Å². The van der Waals surface area contributed by atoms with Gasteiger partial charge in [0, 0.05) is 19.5 Å². The second kappa shape index (κ2) is 10.5. The molecule has 0 spiro atoms. The van der Waals surface area contributed by atoms with Crippen LogP contribution in [0.4, 0.5) is 4.39 Å². The molecule has 1 atom stereocenters. The number of carbonyl (C=O) groups is 2. The number of fused-ring (bicyclic) bond motifs is 1. The average molecular weight is 485 g/mol. The van der Waals surface area contributed by atoms with Crippen molar-refractivity contribution in [1.82, 2.24) is 10.2 Å². The molecule has 6 nitrogen and oxygen atoms in total. The third-order valence-electron chi connectivity index (χ3n) is 6.23. The summed E-state index contributed by atoms with van der Waals surface area (Å²) in [6.07, 6.45) is 1.88. The van der Waals surface area contributed by atoms with Crippen molar-refractivity contribution in [2.75, 3.05) is 0 Å². The van der Waals surface area contributed by atoms with Crippen LogP contribution in [-0.2, 0) is 30.9 Å². The minimum atomic E-state index is -0.647. The second-order valence-electron chi connectivity index (χ2n) is 8.68. The third kappa shape index (κ3) is 5.30. The van der Waals surface area contributed by atoms with Crippen LogP contribution < -0.4 is 10.1 Å². The first-order chi connectivity index (χ1) is 17.6. The molecule has 1 N–H and O–H groups in total. The summed E-state index contributed by atoms with van der Waals surface area (Å²) < 4.78 is 24.4. The Labute approximate surface area is 208 Å². The molecule has 2 amide bonds. The van der Waals surface area contributed by atoms with Gasteiger partial charge in [0.05, 0.1) is 6.26 Å². The van der Waals surface area contributed by atoms with Crippen molar-refractivity contribution >= 4 is 11.8 Å². The number of hydrogen-bond acceptors (Lipinski definition) is 4. The average Bonchev–Trinajstić information content (AvgIpc) is 3.45. The van der Waals surface area contributed by atoms with E-state index < -0.39 is 6.04 Å². The fourth-order valence-electron chi connectivity index (χ4n) is 4.32. The van der Waals surface area contributed by atoms with Gasteiger partial charge >= 0.3 is 0 Å². The number of ether oxygens (including phenoxy) is 1. The Morgan fingerprint density at radius 1 is 0.944 bits per heavy atom. The second-order valence-corrected chi connectivity index (χ2v) is 8.68. The molecule has 3 aromatic carbocycles. The van der Waals surface area contributed by atoms with Gasteiger partial charge in [0.2, 0.25) is 5.91 Å². The summed E-state index contributed by atoms with van der Waals surface area (Å²) in [4.78, 5) is 27.9. The maximum atomic E-state index is 13.3. The Morgan fingerprint density at radius 3 is 2.50 bits per heavy atom. The van der Waals surface area contributed by atoms with Crippen molar-refractivity contribution in [3.63, 3.8) is 0 Å². The first-order valence-electron chi connectivity index (χ1n) is 11.7. The van der Waals surface area contributed by atoms with E-state index in [2.05, 4.69) is 5.32 Å². The van der Waals surface area contributed by atoms with E-state index in [1.165, 1.54) is 18.4 Å². The van der Waals surface area contributed by atoms with E-state index in [4.69, 9.17) is 9.15 Å². The maximum Gasteiger partial charge on any atom is 0.290 e. The summed E-state index contributed by atoms with van der Waals surface area (Å²) in [5.41, 5.74) is 3.71. The minimum absolute atomic E-state index is 0.209. The van der Waals surface area contributed by atoms with Gasteiger partial charge in [0.1, 0.15) is 24.2 Å². The summed E-state index contributed by atoms with van der Waals surface area (Å²) >= 11 is 0. The van der Waals surface area contributed by atoms with Crippen molar-refractivity contribution in [3.05, 3.63) is 125 Å². The highest BCUT2D eigenvalue weighted by atomic mass is 19.1. The lowest BCUT2D eigenvalue weighted by Gasteiger charge is -2.35. The van der Waals surface area contributed by atoms with Crippen LogP contribution in [0.1, 0.15) is 32.8 Å². The minimum Gasteiger partial charge on any atom is -0.489 e. The van der Waals surface area contributed by atoms with Crippen LogP contribution >= 0.6 is 0 Å². The number of furan rings is 1. The predicted octanol–water partition coefficient (Wildman–Crippen LogP) is 4.88. The molecule has 0 bridgehead atoms. The first-order valence-corrected chi connectivity index (χ1v) is 11.7. The maximum absolute atomic E-state index is 13.3. The normalized spacial score (nSPS) is 14.7. The lowest BCUT2D eigenvalue weighted by atomic mass is 9.93. The van der Waals surface area contributed by atoms with Crippen LogP contribution in [0, 0.1) is 5.82 Å². The number of carbonyl (C=O) groups excluding carboxylic acids is 2. The largest absolute Gasteiger partial charge is 0.489 e. The number of nitrogens with zero attached hydrogens (tertiary/aromatic N) is 1. The molecule has 5 rings (SSSR count). The summed E-state index contributed by atoms with van der Waals surface area (Å²) in [7, 11) is 0. The molecular formula is C29H25FN2O4. The van der Waals surface area contributed by atoms with Gasteiger partial charge in [-0.05, 0) is 58.7 Å². The Hall–Kier alpha value is -4.39. The number of benzene rings is 3. The molecule has 0 saturated heterocycles. The van der Waals surface area contributed by atoms with Gasteiger partial charge in [-0.3, -0.25) is 9.59 Å². The zero-order valence-corrected chi connectivity index (χ0v) is 19.5. The molecule has 0 radical (unpaired) electrons. The smallest absolute Gasteiger partial charge is 0.290 e. The Kier molecular flexibility index (Phi) is 6.80. The number of halogens is 1. The van der Waals surface area contributed by atoms with E-state index in [0.717, 1.165) is 22.3 Å². The van der Waals surface area contributed by atoms with Gasteiger partial charge in [0.15, 0.2) is 5.76 Å². The third-order valence-corrected chi connectivity index (χ3v) is 6.23. The van der Waals surface area contributed by atoms with E-state index in [1.54, 1.807) is 29.2 Å². The topological polar surface area (TPSA) is 71.8 Å². The van der Waals surface area contributed by atoms with Crippen LogP contribution in [0.3, 0.4) is 0 Å². The van der Waals surface area contributed by atoms with E-state index >= 15 is 0 Å². The zero-order chi connectivity index (χ0) is 24.9. The highest BCUT2D eigenvalue weighted by molar-refractivity contribution is 5.96. The molecule has 0 aliphatic carbocycles. The fraction of sp³-hybridized carbons (Fsp3) is 0.172. The Morgan fingerprint density at radius 2 is 1.75 bits per heavy atom. The van der Waals surface area contributed by atoms with Gasteiger partial charge in [-0.2, -0.15) is 0 Å². The number of hydrogen-bond donors (Lipinski definition) is 1. The van der Waals surface area contributed by atoms with Gasteiger partial charge < -0.3 is 19.4 Å². The number of nitrogens with one attached hydrogen (secondary N) is 1. The van der Waals surface area contributed by atoms with E-state index in [0.29, 0.717) is 25.3 Å². The SMILES string of the molecule is O=C(NCc1ccc(OCc2cccc(F)c2)cc1)[C@@H]1Cc2ccccc2CN1C(=O)c1ccco1. The summed E-state index contributed by atoms with van der Waals surface area (Å²) in [5, 5.41) is 2.97. The van der Waals surface area contributed by atoms with Crippen molar-refractivity contribution < 1.29 is 23.1 Å². The molecule has 0 fully saturated rings. The molecule has 1 aliphatic heterocycles. The zero-order valence-electron chi connectivity index (χ0n) is 19.5. The standard InChI is InChI=1S/C29H25FN2O4/c30-24-8-3-5-21(15-24)19-36-25-12-10-20(11-13-25)17-31-28(33)26-16-22-6-1-2-7-23(22)18-32(26)29(34)27-9-4-14-35-27/h1-15,26H,16-19H2,(H,31,33)/t26-/m0/s1. The Bertz CT molecular complexity index is 1350. The van der Waals surface area contributed by atoms with Crippen LogP contribution in [0.15, 0.2) is 95.6 Å². The van der Waals surface area contributed by atoms with Crippen molar-refractivity contribution in [2.24, 2.45) is 0 Å². The quantitative estimate of drug-likeness (QED) is 0.406. The van der Waals surface area contributed by atoms with Gasteiger partial charge in [-0.15, -0.1) is 0 Å². The summed E-state index contributed by atoms with van der Waals surface area (Å²) in [6.45, 7) is 0.908. The highest BCUT2D eigenvalue weighted by Crippen LogP contribution is 2.25. The summed E-state index contributed by atoms with van der Waals surface area (Å²) in [6, 6.07) is 24.1. The molecule has 2 heterocycles. The highest BCUT2D eigenvalue weighted by Gasteiger charge is 2.35. The summed E-state index contributed by atoms with van der Waals surface area (Å²) in [5.74, 6) is 0.0211. The van der Waals surface area contributed by atoms with Crippen LogP contribution in [-0.4, -0.2) is 22.8 Å². The van der Waals surface area contributed by atoms with Crippen molar-refractivity contribution in [1.29, 1.82) is 0 Å². The van der Waals surface area contributed by atoms with E-state index in [9.17, 15) is 14.0 Å². The molecule has 0 unspecified atom stereocenters. The lowest BCUT2D eigenvalue weighted by molar-refractivity contribution is -0.126. The molecule has 36 heavy (non-hydrogen) atoms. The molecule has 7 heteroatoms. The number of amides is 2. The monoisotopic (exact) mass is 484 g/mol. The van der Waals surface area contributed by atoms with Crippen LogP contribution in [0.2, 0.25) is 0 Å². The van der Waals surface area contributed by atoms with E-state index in [-0.39, 0.29) is 30.0 Å². The van der Waals surface area contributed by atoms with Gasteiger partial charge in [0.25, 0.3) is 5.91 Å². The van der Waals surface area contributed by atoms with Gasteiger partial charge in [-0.25, -0.2) is 4.39 Å². The Balaban J connectivity index is 1.22. The van der Waals surface area contributed by atoms with Crippen molar-refractivity contribution in [2.45, 2.75) is 32.2 Å². The van der Waals surface area contributed by atoms with Gasteiger partial charge in [-0.1, -0.05) is 48.5 Å². The van der Waals surface area contributed by atoms with Crippen molar-refractivity contribution in [3.8, 4) is 5.75 Å². The molecular weight excluding hydrogens is 459 g/mol.